The minimum atomic E-state index is -0.783. The Hall–Kier alpha value is 1.42. The van der Waals surface area contributed by atoms with E-state index in [9.17, 15) is 0 Å². The summed E-state index contributed by atoms with van der Waals surface area (Å²) in [7, 11) is 7.47. The molecule has 0 aromatic rings. The summed E-state index contributed by atoms with van der Waals surface area (Å²) in [6.07, 6.45) is 0.887. The Labute approximate surface area is 63.0 Å². The average Bonchev–Trinajstić information content (AvgIpc) is 1.67. The van der Waals surface area contributed by atoms with E-state index in [0.717, 1.165) is 6.35 Å². The van der Waals surface area contributed by atoms with Crippen molar-refractivity contribution in [2.75, 3.05) is 26.8 Å². The third-order valence-corrected chi connectivity index (χ3v) is 12.3. The van der Waals surface area contributed by atoms with E-state index in [2.05, 4.69) is 13.3 Å². The fraction of sp³-hybridized carbons (Fsp3) is 1.00. The second kappa shape index (κ2) is 4.27. The zero-order chi connectivity index (χ0) is 6.62. The van der Waals surface area contributed by atoms with Crippen LogP contribution in [0.1, 0.15) is 0 Å². The molecule has 0 atom stereocenters. The molecule has 8 heavy (non-hydrogen) atoms. The molecule has 0 N–H and O–H groups in total. The Bertz CT molecular complexity index is 109. The van der Waals surface area contributed by atoms with Crippen LogP contribution in [0.4, 0.5) is 0 Å². The SMILES string of the molecule is COC[P](C)(C)=[Au][Cl]. The molecular formula is C4H11AuClOP. The van der Waals surface area contributed by atoms with Crippen LogP contribution in [0.5, 0.6) is 0 Å². The Morgan fingerprint density at radius 2 is 2.12 bits per heavy atom. The van der Waals surface area contributed by atoms with Crippen molar-refractivity contribution in [2.24, 2.45) is 0 Å². The van der Waals surface area contributed by atoms with E-state index >= 15 is 0 Å². The summed E-state index contributed by atoms with van der Waals surface area (Å²) < 4.78 is 4.20. The van der Waals surface area contributed by atoms with Gasteiger partial charge in [0.2, 0.25) is 0 Å². The van der Waals surface area contributed by atoms with E-state index in [4.69, 9.17) is 13.9 Å². The molecule has 0 fully saturated rings. The molecule has 0 aliphatic heterocycles. The molecule has 0 aromatic carbocycles. The van der Waals surface area contributed by atoms with Gasteiger partial charge in [-0.05, 0) is 0 Å². The summed E-state index contributed by atoms with van der Waals surface area (Å²) in [4.78, 5) is 0. The van der Waals surface area contributed by atoms with Crippen molar-refractivity contribution in [3.05, 3.63) is 0 Å². The molecular weight excluding hydrogens is 327 g/mol. The second-order valence-corrected chi connectivity index (χ2v) is 16.6. The molecule has 0 bridgehead atoms. The maximum absolute atomic E-state index is 5.74. The Kier molecular flexibility index (Phi) is 5.03. The molecule has 0 rings (SSSR count). The van der Waals surface area contributed by atoms with Gasteiger partial charge in [-0.1, -0.05) is 0 Å². The summed E-state index contributed by atoms with van der Waals surface area (Å²) >= 11 is 0.0119. The molecule has 0 radical (unpaired) electrons. The summed E-state index contributed by atoms with van der Waals surface area (Å²) in [6.45, 7) is 4.45. The monoisotopic (exact) mass is 338 g/mol. The van der Waals surface area contributed by atoms with Gasteiger partial charge in [-0.2, -0.15) is 0 Å². The van der Waals surface area contributed by atoms with Crippen molar-refractivity contribution in [3.63, 3.8) is 0 Å². The van der Waals surface area contributed by atoms with E-state index in [0.29, 0.717) is 0 Å². The fourth-order valence-electron chi connectivity index (χ4n) is 0.312. The number of hydrogen-bond donors (Lipinski definition) is 0. The molecule has 56 valence electrons. The van der Waals surface area contributed by atoms with Crippen molar-refractivity contribution >= 4 is 13.9 Å². The molecule has 0 heterocycles. The summed E-state index contributed by atoms with van der Waals surface area (Å²) in [6, 6.07) is 0. The average molecular weight is 339 g/mol. The van der Waals surface area contributed by atoms with Crippen molar-refractivity contribution in [2.45, 2.75) is 0 Å². The van der Waals surface area contributed by atoms with Gasteiger partial charge in [0.25, 0.3) is 0 Å². The number of ether oxygens (including phenoxy) is 1. The van der Waals surface area contributed by atoms with E-state index in [1.54, 1.807) is 7.11 Å². The summed E-state index contributed by atoms with van der Waals surface area (Å²) in [5, 5.41) is 0. The first-order valence-corrected chi connectivity index (χ1v) is 10.4. The van der Waals surface area contributed by atoms with Crippen molar-refractivity contribution in [1.82, 2.24) is 0 Å². The molecule has 0 spiro atoms. The van der Waals surface area contributed by atoms with Crippen LogP contribution >= 0.6 is 13.9 Å². The number of rotatable bonds is 2. The van der Waals surface area contributed by atoms with Crippen molar-refractivity contribution in [3.8, 4) is 0 Å². The molecule has 0 saturated carbocycles. The van der Waals surface area contributed by atoms with E-state index in [-0.39, 0.29) is 17.6 Å². The first-order chi connectivity index (χ1) is 3.62. The van der Waals surface area contributed by atoms with E-state index < -0.39 is 4.69 Å². The number of hydrogen-bond acceptors (Lipinski definition) is 1. The Balaban J connectivity index is 3.74. The van der Waals surface area contributed by atoms with Gasteiger partial charge in [-0.15, -0.1) is 0 Å². The van der Waals surface area contributed by atoms with E-state index in [1.807, 2.05) is 0 Å². The first kappa shape index (κ1) is 9.42. The molecule has 0 unspecified atom stereocenters. The zero-order valence-electron chi connectivity index (χ0n) is 5.24. The molecule has 0 amide bonds. The van der Waals surface area contributed by atoms with Gasteiger partial charge in [-0.3, -0.25) is 0 Å². The summed E-state index contributed by atoms with van der Waals surface area (Å²) in [5.74, 6) is 0. The van der Waals surface area contributed by atoms with Crippen LogP contribution in [0.2, 0.25) is 0 Å². The third-order valence-electron chi connectivity index (χ3n) is 0.564. The molecule has 0 aliphatic carbocycles. The third kappa shape index (κ3) is 4.31. The van der Waals surface area contributed by atoms with Crippen LogP contribution in [-0.2, 0) is 22.4 Å². The molecule has 0 aromatic heterocycles. The van der Waals surface area contributed by atoms with Crippen LogP contribution in [0.3, 0.4) is 0 Å². The molecule has 0 aliphatic rings. The number of methoxy groups -OCH3 is 1. The summed E-state index contributed by atoms with van der Waals surface area (Å²) in [5.41, 5.74) is 0. The van der Waals surface area contributed by atoms with Crippen molar-refractivity contribution < 1.29 is 22.4 Å². The van der Waals surface area contributed by atoms with Gasteiger partial charge in [0.15, 0.2) is 0 Å². The van der Waals surface area contributed by atoms with Crippen LogP contribution < -0.4 is 0 Å². The predicted molar refractivity (Wildman–Crippen MR) is 36.5 cm³/mol. The normalized spacial score (nSPS) is 12.5. The van der Waals surface area contributed by atoms with Gasteiger partial charge in [0.05, 0.1) is 0 Å². The quantitative estimate of drug-likeness (QED) is 0.553. The van der Waals surface area contributed by atoms with Crippen LogP contribution in [0.15, 0.2) is 0 Å². The molecule has 0 saturated heterocycles. The van der Waals surface area contributed by atoms with Crippen molar-refractivity contribution in [1.29, 1.82) is 0 Å². The zero-order valence-corrected chi connectivity index (χ0v) is 9.06. The van der Waals surface area contributed by atoms with Crippen LogP contribution in [-0.4, -0.2) is 26.8 Å². The van der Waals surface area contributed by atoms with E-state index in [1.165, 1.54) is 0 Å². The minimum absolute atomic E-state index is 0.0119. The Morgan fingerprint density at radius 3 is 2.25 bits per heavy atom. The van der Waals surface area contributed by atoms with Crippen LogP contribution in [0.25, 0.3) is 0 Å². The molecule has 1 nitrogen and oxygen atoms in total. The van der Waals surface area contributed by atoms with Gasteiger partial charge < -0.3 is 0 Å². The number of halogens is 1. The topological polar surface area (TPSA) is 9.23 Å². The second-order valence-electron chi connectivity index (χ2n) is 1.91. The predicted octanol–water partition coefficient (Wildman–Crippen LogP) is 2.02. The molecule has 4 heteroatoms. The Morgan fingerprint density at radius 1 is 1.62 bits per heavy atom. The first-order valence-electron chi connectivity index (χ1n) is 2.16. The van der Waals surface area contributed by atoms with Gasteiger partial charge in [-0.25, -0.2) is 0 Å². The van der Waals surface area contributed by atoms with Gasteiger partial charge >= 0.3 is 63.0 Å². The maximum atomic E-state index is 5.74. The van der Waals surface area contributed by atoms with Crippen LogP contribution in [0, 0.1) is 0 Å². The standard InChI is InChI=1S/C4H11OP.Au.ClH/c1-5-4-6(2)3;;/h4H2,1-3H3;;1H/q;+1;/p-1. The van der Waals surface area contributed by atoms with Gasteiger partial charge in [0.1, 0.15) is 0 Å². The fourth-order valence-corrected chi connectivity index (χ4v) is 2.81. The van der Waals surface area contributed by atoms with Gasteiger partial charge in [0, 0.05) is 0 Å².